The van der Waals surface area contributed by atoms with E-state index < -0.39 is 16.1 Å². The molecule has 1 N–H and O–H groups in total. The van der Waals surface area contributed by atoms with Gasteiger partial charge < -0.3 is 4.52 Å². The smallest absolute Gasteiger partial charge is 0.244 e. The van der Waals surface area contributed by atoms with Gasteiger partial charge in [0.15, 0.2) is 11.3 Å². The molecule has 0 radical (unpaired) electrons. The number of aromatic nitrogens is 4. The number of nitrogens with one attached hydrogen (secondary N) is 1. The minimum Gasteiger partial charge on any atom is -0.338 e. The first-order chi connectivity index (χ1) is 11.7. The standard InChI is InChI=1S/C15H19N5O4S/c1-7(2)14-16-15(23-19-14)10(5)20-25(21,22)13-9(4)6-8(3)11-12(13)18-24-17-11/h6-7,10,20H,1-5H3/t10-/m1/s1. The number of benzene rings is 1. The van der Waals surface area contributed by atoms with E-state index in [0.29, 0.717) is 16.9 Å². The molecule has 0 fully saturated rings. The Kier molecular flexibility index (Phi) is 4.33. The highest BCUT2D eigenvalue weighted by molar-refractivity contribution is 7.89. The predicted molar refractivity (Wildman–Crippen MR) is 88.4 cm³/mol. The van der Waals surface area contributed by atoms with Crippen LogP contribution in [0.1, 0.15) is 55.6 Å². The Morgan fingerprint density at radius 1 is 1.04 bits per heavy atom. The molecular weight excluding hydrogens is 346 g/mol. The lowest BCUT2D eigenvalue weighted by Crippen LogP contribution is -2.28. The maximum Gasteiger partial charge on any atom is 0.244 e. The molecule has 0 amide bonds. The second-order valence-corrected chi connectivity index (χ2v) is 7.94. The van der Waals surface area contributed by atoms with Crippen molar-refractivity contribution in [3.8, 4) is 0 Å². The van der Waals surface area contributed by atoms with Crippen LogP contribution < -0.4 is 4.72 Å². The van der Waals surface area contributed by atoms with E-state index in [1.165, 1.54) is 0 Å². The molecule has 2 aromatic heterocycles. The molecule has 9 nitrogen and oxygen atoms in total. The van der Waals surface area contributed by atoms with E-state index in [-0.39, 0.29) is 22.2 Å². The molecule has 10 heteroatoms. The van der Waals surface area contributed by atoms with Crippen molar-refractivity contribution in [3.05, 3.63) is 28.9 Å². The molecule has 0 bridgehead atoms. The molecule has 3 aromatic rings. The number of rotatable bonds is 5. The molecule has 1 atom stereocenters. The van der Waals surface area contributed by atoms with Crippen LogP contribution in [0.4, 0.5) is 0 Å². The third kappa shape index (κ3) is 3.14. The topological polar surface area (TPSA) is 124 Å². The molecule has 0 unspecified atom stereocenters. The fourth-order valence-corrected chi connectivity index (χ4v) is 4.14. The monoisotopic (exact) mass is 365 g/mol. The zero-order valence-corrected chi connectivity index (χ0v) is 15.4. The first-order valence-corrected chi connectivity index (χ1v) is 9.27. The summed E-state index contributed by atoms with van der Waals surface area (Å²) in [5.74, 6) is 0.809. The van der Waals surface area contributed by atoms with Gasteiger partial charge in [0.2, 0.25) is 15.9 Å². The van der Waals surface area contributed by atoms with Crippen molar-refractivity contribution in [1.82, 2.24) is 25.2 Å². The second-order valence-electron chi connectivity index (χ2n) is 6.29. The largest absolute Gasteiger partial charge is 0.338 e. The number of hydrogen-bond acceptors (Lipinski definition) is 8. The van der Waals surface area contributed by atoms with Crippen molar-refractivity contribution < 1.29 is 17.6 Å². The van der Waals surface area contributed by atoms with Gasteiger partial charge in [-0.15, -0.1) is 0 Å². The van der Waals surface area contributed by atoms with Crippen molar-refractivity contribution in [2.45, 2.75) is 51.5 Å². The number of sulfonamides is 1. The SMILES string of the molecule is Cc1cc(C)c2nonc2c1S(=O)(=O)N[C@H](C)c1nc(C(C)C)no1. The molecular formula is C15H19N5O4S. The van der Waals surface area contributed by atoms with E-state index in [2.05, 4.69) is 25.2 Å². The normalized spacial score (nSPS) is 13.7. The van der Waals surface area contributed by atoms with Crippen LogP contribution in [0.5, 0.6) is 0 Å². The van der Waals surface area contributed by atoms with Crippen LogP contribution in [0, 0.1) is 13.8 Å². The maximum absolute atomic E-state index is 12.9. The molecule has 134 valence electrons. The van der Waals surface area contributed by atoms with Gasteiger partial charge in [-0.25, -0.2) is 13.0 Å². The van der Waals surface area contributed by atoms with E-state index >= 15 is 0 Å². The molecule has 0 spiro atoms. The highest BCUT2D eigenvalue weighted by atomic mass is 32.2. The van der Waals surface area contributed by atoms with Crippen molar-refractivity contribution >= 4 is 21.1 Å². The third-order valence-corrected chi connectivity index (χ3v) is 5.53. The third-order valence-electron chi connectivity index (χ3n) is 3.81. The summed E-state index contributed by atoms with van der Waals surface area (Å²) in [5.41, 5.74) is 1.96. The summed E-state index contributed by atoms with van der Waals surface area (Å²) in [6, 6.07) is 1.04. The van der Waals surface area contributed by atoms with Gasteiger partial charge in [0.25, 0.3) is 0 Å². The van der Waals surface area contributed by atoms with Crippen molar-refractivity contribution in [3.63, 3.8) is 0 Å². The predicted octanol–water partition coefficient (Wildman–Crippen LogP) is 2.39. The van der Waals surface area contributed by atoms with Gasteiger partial charge in [-0.3, -0.25) is 0 Å². The van der Waals surface area contributed by atoms with Crippen molar-refractivity contribution in [2.24, 2.45) is 0 Å². The van der Waals surface area contributed by atoms with Gasteiger partial charge in [-0.1, -0.05) is 25.1 Å². The van der Waals surface area contributed by atoms with Gasteiger partial charge in [0, 0.05) is 5.92 Å². The van der Waals surface area contributed by atoms with Gasteiger partial charge in [0.05, 0.1) is 6.04 Å². The average Bonchev–Trinajstić information content (AvgIpc) is 3.15. The zero-order chi connectivity index (χ0) is 18.4. The lowest BCUT2D eigenvalue weighted by molar-refractivity contribution is 0.315. The summed E-state index contributed by atoms with van der Waals surface area (Å²) < 4.78 is 38.2. The summed E-state index contributed by atoms with van der Waals surface area (Å²) in [4.78, 5) is 4.26. The highest BCUT2D eigenvalue weighted by Gasteiger charge is 2.28. The van der Waals surface area contributed by atoms with Gasteiger partial charge >= 0.3 is 0 Å². The molecule has 2 heterocycles. The Labute approximate surface area is 144 Å². The maximum atomic E-state index is 12.9. The quantitative estimate of drug-likeness (QED) is 0.731. The Bertz CT molecular complexity index is 1020. The molecule has 25 heavy (non-hydrogen) atoms. The van der Waals surface area contributed by atoms with Crippen LogP contribution >= 0.6 is 0 Å². The average molecular weight is 365 g/mol. The molecule has 1 aromatic carbocycles. The summed E-state index contributed by atoms with van der Waals surface area (Å²) in [5, 5.41) is 11.4. The van der Waals surface area contributed by atoms with E-state index in [9.17, 15) is 8.42 Å². The zero-order valence-electron chi connectivity index (χ0n) is 14.6. The van der Waals surface area contributed by atoms with Gasteiger partial charge in [-0.2, -0.15) is 9.71 Å². The molecule has 0 aliphatic heterocycles. The summed E-state index contributed by atoms with van der Waals surface area (Å²) in [7, 11) is -3.90. The Balaban J connectivity index is 1.98. The molecule has 0 aliphatic rings. The number of hydrogen-bond donors (Lipinski definition) is 1. The van der Waals surface area contributed by atoms with E-state index in [1.807, 2.05) is 20.8 Å². The first kappa shape index (κ1) is 17.5. The fraction of sp³-hybridized carbons (Fsp3) is 0.467. The molecule has 0 saturated heterocycles. The van der Waals surface area contributed by atoms with Crippen LogP contribution in [0.25, 0.3) is 11.0 Å². The summed E-state index contributed by atoms with van der Waals surface area (Å²) >= 11 is 0. The Hall–Kier alpha value is -2.33. The van der Waals surface area contributed by atoms with Crippen LogP contribution in [0.2, 0.25) is 0 Å². The Morgan fingerprint density at radius 3 is 2.36 bits per heavy atom. The molecule has 0 saturated carbocycles. The van der Waals surface area contributed by atoms with E-state index in [0.717, 1.165) is 5.56 Å². The number of fused-ring (bicyclic) bond motifs is 1. The van der Waals surface area contributed by atoms with Gasteiger partial charge in [-0.05, 0) is 42.2 Å². The van der Waals surface area contributed by atoms with E-state index in [1.54, 1.807) is 19.9 Å². The summed E-state index contributed by atoms with van der Waals surface area (Å²) in [6.07, 6.45) is 0. The minimum atomic E-state index is -3.90. The van der Waals surface area contributed by atoms with Crippen LogP contribution in [0.3, 0.4) is 0 Å². The second kappa shape index (κ2) is 6.19. The van der Waals surface area contributed by atoms with Crippen molar-refractivity contribution in [2.75, 3.05) is 0 Å². The summed E-state index contributed by atoms with van der Waals surface area (Å²) in [6.45, 7) is 9.00. The lowest BCUT2D eigenvalue weighted by Gasteiger charge is -2.13. The Morgan fingerprint density at radius 2 is 1.72 bits per heavy atom. The molecule has 0 aliphatic carbocycles. The van der Waals surface area contributed by atoms with Crippen LogP contribution in [-0.4, -0.2) is 28.9 Å². The van der Waals surface area contributed by atoms with Gasteiger partial charge in [0.1, 0.15) is 10.4 Å². The van der Waals surface area contributed by atoms with Crippen molar-refractivity contribution in [1.29, 1.82) is 0 Å². The van der Waals surface area contributed by atoms with E-state index in [4.69, 9.17) is 9.15 Å². The number of aryl methyl sites for hydroxylation is 2. The fourth-order valence-electron chi connectivity index (χ4n) is 2.58. The molecule has 3 rings (SSSR count). The first-order valence-electron chi connectivity index (χ1n) is 7.79. The lowest BCUT2D eigenvalue weighted by atomic mass is 10.1. The van der Waals surface area contributed by atoms with Crippen LogP contribution in [-0.2, 0) is 10.0 Å². The minimum absolute atomic E-state index is 0.0322. The number of nitrogens with zero attached hydrogens (tertiary/aromatic N) is 4. The van der Waals surface area contributed by atoms with Crippen LogP contribution in [0.15, 0.2) is 20.1 Å². The highest BCUT2D eigenvalue weighted by Crippen LogP contribution is 2.28.